The van der Waals surface area contributed by atoms with Gasteiger partial charge in [0, 0.05) is 11.7 Å². The molecule has 21 heavy (non-hydrogen) atoms. The Morgan fingerprint density at radius 1 is 0.952 bits per heavy atom. The van der Waals surface area contributed by atoms with Gasteiger partial charge in [-0.25, -0.2) is 0 Å². The summed E-state index contributed by atoms with van der Waals surface area (Å²) in [6.45, 7) is 11.6. The van der Waals surface area contributed by atoms with Gasteiger partial charge >= 0.3 is 0 Å². The molecule has 2 rings (SSSR count). The van der Waals surface area contributed by atoms with Gasteiger partial charge in [-0.3, -0.25) is 0 Å². The van der Waals surface area contributed by atoms with Crippen LogP contribution in [0.15, 0.2) is 18.2 Å². The summed E-state index contributed by atoms with van der Waals surface area (Å²) in [4.78, 5) is 0. The Kier molecular flexibility index (Phi) is 5.72. The average Bonchev–Trinajstić information content (AvgIpc) is 2.63. The predicted octanol–water partition coefficient (Wildman–Crippen LogP) is 6.31. The summed E-state index contributed by atoms with van der Waals surface area (Å²) in [6.07, 6.45) is 6.80. The summed E-state index contributed by atoms with van der Waals surface area (Å²) < 4.78 is 0. The minimum atomic E-state index is 0.580. The van der Waals surface area contributed by atoms with E-state index in [0.29, 0.717) is 17.9 Å². The molecule has 2 atom stereocenters. The molecule has 0 saturated heterocycles. The Balaban J connectivity index is 2.15. The van der Waals surface area contributed by atoms with Gasteiger partial charge in [0.1, 0.15) is 0 Å². The zero-order valence-electron chi connectivity index (χ0n) is 14.6. The molecule has 1 saturated carbocycles. The number of anilines is 1. The van der Waals surface area contributed by atoms with Crippen LogP contribution in [0, 0.1) is 5.92 Å². The topological polar surface area (TPSA) is 12.0 Å². The number of hydrogen-bond donors (Lipinski definition) is 1. The summed E-state index contributed by atoms with van der Waals surface area (Å²) in [5, 5.41) is 3.86. The van der Waals surface area contributed by atoms with Crippen LogP contribution in [-0.4, -0.2) is 6.04 Å². The van der Waals surface area contributed by atoms with Crippen LogP contribution in [0.3, 0.4) is 0 Å². The Labute approximate surface area is 131 Å². The molecule has 0 aromatic heterocycles. The van der Waals surface area contributed by atoms with E-state index in [2.05, 4.69) is 58.1 Å². The second-order valence-corrected chi connectivity index (χ2v) is 7.61. The van der Waals surface area contributed by atoms with E-state index in [4.69, 9.17) is 0 Å². The smallest absolute Gasteiger partial charge is 0.0377 e. The van der Waals surface area contributed by atoms with Crippen LogP contribution >= 0.6 is 0 Å². The summed E-state index contributed by atoms with van der Waals surface area (Å²) in [5.74, 6) is 2.09. The van der Waals surface area contributed by atoms with E-state index in [1.54, 1.807) is 0 Å². The van der Waals surface area contributed by atoms with Crippen molar-refractivity contribution in [3.63, 3.8) is 0 Å². The molecule has 0 bridgehead atoms. The lowest BCUT2D eigenvalue weighted by Crippen LogP contribution is -2.19. The fourth-order valence-electron chi connectivity index (χ4n) is 3.40. The fraction of sp³-hybridized carbons (Fsp3) is 0.700. The third-order valence-corrected chi connectivity index (χ3v) is 4.98. The number of hydrogen-bond acceptors (Lipinski definition) is 1. The minimum Gasteiger partial charge on any atom is -0.382 e. The first-order valence-corrected chi connectivity index (χ1v) is 8.87. The quantitative estimate of drug-likeness (QED) is 0.639. The van der Waals surface area contributed by atoms with Crippen molar-refractivity contribution in [2.45, 2.75) is 84.6 Å². The molecule has 1 N–H and O–H groups in total. The van der Waals surface area contributed by atoms with E-state index in [1.807, 2.05) is 0 Å². The Bertz CT molecular complexity index is 447. The van der Waals surface area contributed by atoms with Crippen molar-refractivity contribution in [2.24, 2.45) is 5.92 Å². The summed E-state index contributed by atoms with van der Waals surface area (Å²) in [5.41, 5.74) is 4.31. The van der Waals surface area contributed by atoms with E-state index >= 15 is 0 Å². The van der Waals surface area contributed by atoms with Gasteiger partial charge in [0.2, 0.25) is 0 Å². The van der Waals surface area contributed by atoms with Gasteiger partial charge in [-0.1, -0.05) is 59.6 Å². The van der Waals surface area contributed by atoms with Crippen LogP contribution in [0.1, 0.15) is 89.7 Å². The van der Waals surface area contributed by atoms with Crippen LogP contribution in [0.4, 0.5) is 5.69 Å². The number of rotatable bonds is 4. The lowest BCUT2D eigenvalue weighted by Gasteiger charge is -2.23. The highest BCUT2D eigenvalue weighted by atomic mass is 14.9. The van der Waals surface area contributed by atoms with Gasteiger partial charge in [0.15, 0.2) is 0 Å². The second kappa shape index (κ2) is 7.33. The Hall–Kier alpha value is -0.980. The molecule has 0 spiro atoms. The normalized spacial score (nSPS) is 23.4. The molecule has 0 radical (unpaired) electrons. The van der Waals surface area contributed by atoms with Crippen LogP contribution in [-0.2, 0) is 0 Å². The van der Waals surface area contributed by atoms with E-state index in [1.165, 1.54) is 48.9 Å². The maximum atomic E-state index is 3.86. The van der Waals surface area contributed by atoms with Crippen molar-refractivity contribution >= 4 is 5.69 Å². The molecule has 1 nitrogen and oxygen atoms in total. The van der Waals surface area contributed by atoms with Gasteiger partial charge in [-0.15, -0.1) is 0 Å². The molecule has 0 amide bonds. The van der Waals surface area contributed by atoms with Crippen molar-refractivity contribution in [1.82, 2.24) is 0 Å². The highest BCUT2D eigenvalue weighted by Crippen LogP contribution is 2.31. The lowest BCUT2D eigenvalue weighted by molar-refractivity contribution is 0.502. The Morgan fingerprint density at radius 3 is 2.38 bits per heavy atom. The molecule has 1 heteroatoms. The van der Waals surface area contributed by atoms with Crippen molar-refractivity contribution in [1.29, 1.82) is 0 Å². The lowest BCUT2D eigenvalue weighted by atomic mass is 9.93. The summed E-state index contributed by atoms with van der Waals surface area (Å²) in [6, 6.07) is 7.70. The Morgan fingerprint density at radius 2 is 1.71 bits per heavy atom. The monoisotopic (exact) mass is 287 g/mol. The third kappa shape index (κ3) is 4.49. The molecule has 0 aliphatic heterocycles. The predicted molar refractivity (Wildman–Crippen MR) is 94.3 cm³/mol. The second-order valence-electron chi connectivity index (χ2n) is 7.61. The number of nitrogens with one attached hydrogen (secondary N) is 1. The highest BCUT2D eigenvalue weighted by molar-refractivity contribution is 5.55. The molecule has 0 heterocycles. The van der Waals surface area contributed by atoms with Crippen molar-refractivity contribution in [3.8, 4) is 0 Å². The van der Waals surface area contributed by atoms with Crippen LogP contribution in [0.2, 0.25) is 0 Å². The van der Waals surface area contributed by atoms with E-state index in [-0.39, 0.29) is 0 Å². The zero-order chi connectivity index (χ0) is 15.4. The van der Waals surface area contributed by atoms with Gasteiger partial charge in [0.25, 0.3) is 0 Å². The van der Waals surface area contributed by atoms with Crippen LogP contribution in [0.25, 0.3) is 0 Å². The molecule has 118 valence electrons. The molecule has 2 unspecified atom stereocenters. The third-order valence-electron chi connectivity index (χ3n) is 4.98. The average molecular weight is 287 g/mol. The maximum absolute atomic E-state index is 3.86. The first kappa shape index (κ1) is 16.4. The molecule has 1 aromatic carbocycles. The van der Waals surface area contributed by atoms with Crippen LogP contribution in [0.5, 0.6) is 0 Å². The molecule has 1 aliphatic carbocycles. The molecule has 1 aromatic rings. The summed E-state index contributed by atoms with van der Waals surface area (Å²) in [7, 11) is 0. The first-order valence-electron chi connectivity index (χ1n) is 8.87. The largest absolute Gasteiger partial charge is 0.382 e. The van der Waals surface area contributed by atoms with E-state index in [9.17, 15) is 0 Å². The molecular weight excluding hydrogens is 254 g/mol. The van der Waals surface area contributed by atoms with Crippen molar-refractivity contribution in [3.05, 3.63) is 29.3 Å². The first-order chi connectivity index (χ1) is 9.97. The van der Waals surface area contributed by atoms with Gasteiger partial charge in [-0.05, 0) is 54.2 Å². The standard InChI is InChI=1S/C20H33N/c1-14(2)17-10-12-20(19(13-17)15(3)4)21-18-8-6-7-16(5)9-11-18/h10,12-16,18,21H,6-9,11H2,1-5H3. The van der Waals surface area contributed by atoms with Gasteiger partial charge < -0.3 is 5.32 Å². The van der Waals surface area contributed by atoms with E-state index in [0.717, 1.165) is 5.92 Å². The number of benzene rings is 1. The zero-order valence-corrected chi connectivity index (χ0v) is 14.6. The van der Waals surface area contributed by atoms with Crippen molar-refractivity contribution in [2.75, 3.05) is 5.32 Å². The highest BCUT2D eigenvalue weighted by Gasteiger charge is 2.18. The minimum absolute atomic E-state index is 0.580. The summed E-state index contributed by atoms with van der Waals surface area (Å²) >= 11 is 0. The maximum Gasteiger partial charge on any atom is 0.0377 e. The van der Waals surface area contributed by atoms with Gasteiger partial charge in [0.05, 0.1) is 0 Å². The molecule has 1 fully saturated rings. The van der Waals surface area contributed by atoms with Crippen molar-refractivity contribution < 1.29 is 0 Å². The SMILES string of the molecule is CC1CCCC(Nc2ccc(C(C)C)cc2C(C)C)CC1. The molecular formula is C20H33N. The fourth-order valence-corrected chi connectivity index (χ4v) is 3.40. The van der Waals surface area contributed by atoms with E-state index < -0.39 is 0 Å². The van der Waals surface area contributed by atoms with Gasteiger partial charge in [-0.2, -0.15) is 0 Å². The molecule has 1 aliphatic rings. The van der Waals surface area contributed by atoms with Crippen LogP contribution < -0.4 is 5.32 Å².